The number of benzene rings is 1. The Bertz CT molecular complexity index is 532. The molecule has 116 valence electrons. The van der Waals surface area contributed by atoms with Gasteiger partial charge in [0.1, 0.15) is 0 Å². The smallest absolute Gasteiger partial charge is 0.309 e. The third-order valence-electron chi connectivity index (χ3n) is 2.92. The molecule has 0 spiro atoms. The van der Waals surface area contributed by atoms with Crippen molar-refractivity contribution < 1.29 is 14.3 Å². The van der Waals surface area contributed by atoms with E-state index in [1.165, 1.54) is 6.92 Å². The van der Waals surface area contributed by atoms with Gasteiger partial charge in [0, 0.05) is 10.0 Å². The summed E-state index contributed by atoms with van der Waals surface area (Å²) in [6, 6.07) is 4.75. The van der Waals surface area contributed by atoms with Crippen molar-refractivity contribution in [1.29, 1.82) is 0 Å². The van der Waals surface area contributed by atoms with E-state index in [9.17, 15) is 9.59 Å². The zero-order valence-corrected chi connectivity index (χ0v) is 14.0. The van der Waals surface area contributed by atoms with Crippen LogP contribution in [0.3, 0.4) is 0 Å². The second kappa shape index (κ2) is 7.66. The van der Waals surface area contributed by atoms with Crippen molar-refractivity contribution in [2.75, 3.05) is 0 Å². The van der Waals surface area contributed by atoms with Gasteiger partial charge in [-0.05, 0) is 31.5 Å². The minimum atomic E-state index is -0.853. The monoisotopic (exact) mass is 331 g/mol. The SMILES string of the molecule is CC(C)C(=O)O[C@H](C)C(=O)N[C@@H](C)c1ccc(Cl)cc1Cl. The van der Waals surface area contributed by atoms with Crippen molar-refractivity contribution in [3.05, 3.63) is 33.8 Å². The zero-order valence-electron chi connectivity index (χ0n) is 12.4. The molecular formula is C15H19Cl2NO3. The van der Waals surface area contributed by atoms with Gasteiger partial charge in [-0.2, -0.15) is 0 Å². The standard InChI is InChI=1S/C15H19Cl2NO3/c1-8(2)15(20)21-10(4)14(19)18-9(3)12-6-5-11(16)7-13(12)17/h5-10H,1-4H3,(H,18,19)/t9-,10+/m0/s1. The summed E-state index contributed by atoms with van der Waals surface area (Å²) in [5.41, 5.74) is 0.747. The molecule has 21 heavy (non-hydrogen) atoms. The number of halogens is 2. The van der Waals surface area contributed by atoms with Gasteiger partial charge in [0.25, 0.3) is 5.91 Å². The first kappa shape index (κ1) is 17.8. The van der Waals surface area contributed by atoms with Gasteiger partial charge in [-0.1, -0.05) is 43.1 Å². The molecule has 0 bridgehead atoms. The van der Waals surface area contributed by atoms with E-state index in [0.29, 0.717) is 10.0 Å². The number of carbonyl (C=O) groups is 2. The lowest BCUT2D eigenvalue weighted by molar-refractivity contribution is -0.158. The summed E-state index contributed by atoms with van der Waals surface area (Å²) < 4.78 is 5.05. The zero-order chi connectivity index (χ0) is 16.2. The maximum atomic E-state index is 12.0. The van der Waals surface area contributed by atoms with Crippen LogP contribution in [-0.4, -0.2) is 18.0 Å². The van der Waals surface area contributed by atoms with Crippen molar-refractivity contribution in [3.8, 4) is 0 Å². The summed E-state index contributed by atoms with van der Waals surface area (Å²) in [4.78, 5) is 23.5. The van der Waals surface area contributed by atoms with Crippen LogP contribution in [0.2, 0.25) is 10.0 Å². The molecule has 4 nitrogen and oxygen atoms in total. The lowest BCUT2D eigenvalue weighted by Crippen LogP contribution is -2.38. The number of rotatable bonds is 5. The van der Waals surface area contributed by atoms with E-state index in [0.717, 1.165) is 5.56 Å². The van der Waals surface area contributed by atoms with Gasteiger partial charge in [0.2, 0.25) is 0 Å². The van der Waals surface area contributed by atoms with Crippen LogP contribution in [0.1, 0.15) is 39.3 Å². The third-order valence-corrected chi connectivity index (χ3v) is 3.48. The van der Waals surface area contributed by atoms with Gasteiger partial charge in [-0.15, -0.1) is 0 Å². The van der Waals surface area contributed by atoms with E-state index in [2.05, 4.69) is 5.32 Å². The Hall–Kier alpha value is -1.26. The average molecular weight is 332 g/mol. The Labute approximate surface area is 134 Å². The largest absolute Gasteiger partial charge is 0.452 e. The summed E-state index contributed by atoms with van der Waals surface area (Å²) >= 11 is 11.9. The lowest BCUT2D eigenvalue weighted by atomic mass is 10.1. The Morgan fingerprint density at radius 3 is 2.29 bits per heavy atom. The summed E-state index contributed by atoms with van der Waals surface area (Å²) in [6.07, 6.45) is -0.853. The minimum absolute atomic E-state index is 0.275. The number of esters is 1. The molecule has 0 saturated carbocycles. The van der Waals surface area contributed by atoms with Crippen LogP contribution in [0.4, 0.5) is 0 Å². The molecule has 0 fully saturated rings. The molecule has 2 atom stereocenters. The van der Waals surface area contributed by atoms with Crippen molar-refractivity contribution in [3.63, 3.8) is 0 Å². The predicted octanol–water partition coefficient (Wildman–Crippen LogP) is 3.76. The van der Waals surface area contributed by atoms with Gasteiger partial charge >= 0.3 is 5.97 Å². The fraction of sp³-hybridized carbons (Fsp3) is 0.467. The Morgan fingerprint density at radius 2 is 1.76 bits per heavy atom. The molecule has 0 heterocycles. The highest BCUT2D eigenvalue weighted by atomic mass is 35.5. The van der Waals surface area contributed by atoms with Crippen LogP contribution < -0.4 is 5.32 Å². The molecular weight excluding hydrogens is 313 g/mol. The summed E-state index contributed by atoms with van der Waals surface area (Å²) in [5, 5.41) is 3.76. The Balaban J connectivity index is 2.67. The molecule has 1 rings (SSSR count). The van der Waals surface area contributed by atoms with Gasteiger partial charge in [0.05, 0.1) is 12.0 Å². The van der Waals surface area contributed by atoms with Crippen molar-refractivity contribution in [2.24, 2.45) is 5.92 Å². The third kappa shape index (κ3) is 5.21. The normalized spacial score (nSPS) is 13.7. The molecule has 0 aliphatic heterocycles. The molecule has 1 N–H and O–H groups in total. The molecule has 6 heteroatoms. The summed E-state index contributed by atoms with van der Waals surface area (Å²) in [7, 11) is 0. The molecule has 0 saturated heterocycles. The topological polar surface area (TPSA) is 55.4 Å². The fourth-order valence-corrected chi connectivity index (χ4v) is 2.20. The van der Waals surface area contributed by atoms with Crippen LogP contribution in [0.5, 0.6) is 0 Å². The van der Waals surface area contributed by atoms with Gasteiger partial charge in [-0.25, -0.2) is 0 Å². The number of ether oxygens (including phenoxy) is 1. The van der Waals surface area contributed by atoms with E-state index in [1.807, 2.05) is 0 Å². The highest BCUT2D eigenvalue weighted by Crippen LogP contribution is 2.26. The summed E-state index contributed by atoms with van der Waals surface area (Å²) in [5.74, 6) is -1.05. The van der Waals surface area contributed by atoms with E-state index in [1.54, 1.807) is 39.0 Å². The first-order valence-corrected chi connectivity index (χ1v) is 7.43. The van der Waals surface area contributed by atoms with Crippen LogP contribution >= 0.6 is 23.2 Å². The van der Waals surface area contributed by atoms with Crippen LogP contribution in [0, 0.1) is 5.92 Å². The number of carbonyl (C=O) groups excluding carboxylic acids is 2. The molecule has 0 aromatic heterocycles. The number of hydrogen-bond donors (Lipinski definition) is 1. The van der Waals surface area contributed by atoms with Gasteiger partial charge in [0.15, 0.2) is 6.10 Å². The molecule has 0 radical (unpaired) electrons. The molecule has 1 aromatic carbocycles. The molecule has 0 aliphatic carbocycles. The van der Waals surface area contributed by atoms with Gasteiger partial charge in [-0.3, -0.25) is 9.59 Å². The molecule has 0 aliphatic rings. The second-order valence-corrected chi connectivity index (χ2v) is 5.97. The maximum Gasteiger partial charge on any atom is 0.309 e. The van der Waals surface area contributed by atoms with Gasteiger partial charge < -0.3 is 10.1 Å². The van der Waals surface area contributed by atoms with Crippen LogP contribution in [0.15, 0.2) is 18.2 Å². The highest BCUT2D eigenvalue weighted by Gasteiger charge is 2.22. The summed E-state index contributed by atoms with van der Waals surface area (Å²) in [6.45, 7) is 6.75. The molecule has 1 amide bonds. The first-order chi connectivity index (χ1) is 9.72. The van der Waals surface area contributed by atoms with E-state index < -0.39 is 12.1 Å². The average Bonchev–Trinajstić information content (AvgIpc) is 2.37. The van der Waals surface area contributed by atoms with Crippen LogP contribution in [0.25, 0.3) is 0 Å². The lowest BCUT2D eigenvalue weighted by Gasteiger charge is -2.19. The highest BCUT2D eigenvalue weighted by molar-refractivity contribution is 6.35. The van der Waals surface area contributed by atoms with Crippen LogP contribution in [-0.2, 0) is 14.3 Å². The van der Waals surface area contributed by atoms with E-state index >= 15 is 0 Å². The Morgan fingerprint density at radius 1 is 1.14 bits per heavy atom. The minimum Gasteiger partial charge on any atom is -0.452 e. The number of nitrogens with one attached hydrogen (secondary N) is 1. The Kier molecular flexibility index (Phi) is 6.49. The second-order valence-electron chi connectivity index (χ2n) is 5.13. The number of amides is 1. The first-order valence-electron chi connectivity index (χ1n) is 6.68. The van der Waals surface area contributed by atoms with Crippen molar-refractivity contribution in [1.82, 2.24) is 5.32 Å². The quantitative estimate of drug-likeness (QED) is 0.836. The van der Waals surface area contributed by atoms with E-state index in [-0.39, 0.29) is 17.9 Å². The maximum absolute atomic E-state index is 12.0. The fourth-order valence-electron chi connectivity index (χ4n) is 1.63. The molecule has 0 unspecified atom stereocenters. The van der Waals surface area contributed by atoms with Crippen molar-refractivity contribution in [2.45, 2.75) is 39.8 Å². The predicted molar refractivity (Wildman–Crippen MR) is 83.4 cm³/mol. The molecule has 1 aromatic rings. The van der Waals surface area contributed by atoms with E-state index in [4.69, 9.17) is 27.9 Å². The van der Waals surface area contributed by atoms with Crippen molar-refractivity contribution >= 4 is 35.1 Å². The number of hydrogen-bond acceptors (Lipinski definition) is 3.